The first kappa shape index (κ1) is 16.2. The van der Waals surface area contributed by atoms with Crippen molar-refractivity contribution in [3.8, 4) is 0 Å². The lowest BCUT2D eigenvalue weighted by Gasteiger charge is -2.22. The van der Waals surface area contributed by atoms with Gasteiger partial charge < -0.3 is 20.5 Å². The summed E-state index contributed by atoms with van der Waals surface area (Å²) in [5.41, 5.74) is 6.38. The first-order valence-corrected chi connectivity index (χ1v) is 6.67. The summed E-state index contributed by atoms with van der Waals surface area (Å²) in [7, 11) is 1.65. The molecule has 1 heterocycles. The van der Waals surface area contributed by atoms with Gasteiger partial charge in [-0.15, -0.1) is 0 Å². The van der Waals surface area contributed by atoms with Crippen LogP contribution in [0.25, 0.3) is 0 Å². The first-order valence-electron chi connectivity index (χ1n) is 6.67. The molecule has 0 saturated heterocycles. The van der Waals surface area contributed by atoms with E-state index in [4.69, 9.17) is 15.2 Å². The van der Waals surface area contributed by atoms with Crippen molar-refractivity contribution in [2.75, 3.05) is 31.4 Å². The molecule has 1 atom stereocenters. The van der Waals surface area contributed by atoms with Crippen molar-refractivity contribution in [3.05, 3.63) is 17.8 Å². The Morgan fingerprint density at radius 1 is 1.50 bits per heavy atom. The summed E-state index contributed by atoms with van der Waals surface area (Å²) in [5, 5.41) is 3.24. The lowest BCUT2D eigenvalue weighted by atomic mass is 10.1. The number of carbonyl (C=O) groups excluding carboxylic acids is 1. The summed E-state index contributed by atoms with van der Waals surface area (Å²) < 4.78 is 10.1. The number of nitrogen functional groups attached to an aromatic ring is 1. The quantitative estimate of drug-likeness (QED) is 0.743. The monoisotopic (exact) mass is 281 g/mol. The number of ether oxygens (including phenoxy) is 2. The van der Waals surface area contributed by atoms with Crippen molar-refractivity contribution in [2.24, 2.45) is 5.92 Å². The van der Waals surface area contributed by atoms with Gasteiger partial charge in [-0.25, -0.2) is 9.78 Å². The molecule has 0 fully saturated rings. The van der Waals surface area contributed by atoms with Crippen molar-refractivity contribution in [2.45, 2.75) is 26.8 Å². The van der Waals surface area contributed by atoms with Crippen LogP contribution < -0.4 is 11.1 Å². The van der Waals surface area contributed by atoms with Crippen molar-refractivity contribution < 1.29 is 14.3 Å². The van der Waals surface area contributed by atoms with Gasteiger partial charge in [-0.05, 0) is 18.9 Å². The molecular formula is C14H23N3O3. The Labute approximate surface area is 119 Å². The van der Waals surface area contributed by atoms with Gasteiger partial charge in [-0.2, -0.15) is 0 Å². The predicted octanol–water partition coefficient (Wildman–Crippen LogP) is 1.92. The van der Waals surface area contributed by atoms with Gasteiger partial charge in [0.1, 0.15) is 5.82 Å². The third-order valence-corrected chi connectivity index (χ3v) is 2.91. The second kappa shape index (κ2) is 7.69. The van der Waals surface area contributed by atoms with Crippen LogP contribution in [-0.2, 0) is 9.47 Å². The average molecular weight is 281 g/mol. The number of aromatic nitrogens is 1. The number of rotatable bonds is 7. The van der Waals surface area contributed by atoms with Crippen LogP contribution in [0.15, 0.2) is 12.3 Å². The zero-order valence-electron chi connectivity index (χ0n) is 12.5. The molecule has 0 radical (unpaired) electrons. The van der Waals surface area contributed by atoms with Crippen LogP contribution in [0.5, 0.6) is 0 Å². The number of esters is 1. The molecule has 1 aromatic rings. The van der Waals surface area contributed by atoms with E-state index in [9.17, 15) is 4.79 Å². The van der Waals surface area contributed by atoms with Crippen LogP contribution in [0.4, 0.5) is 11.5 Å². The van der Waals surface area contributed by atoms with Crippen molar-refractivity contribution in [1.29, 1.82) is 0 Å². The third kappa shape index (κ3) is 4.38. The van der Waals surface area contributed by atoms with Gasteiger partial charge in [0.15, 0.2) is 0 Å². The van der Waals surface area contributed by atoms with E-state index in [0.29, 0.717) is 36.2 Å². The molecule has 3 N–H and O–H groups in total. The zero-order chi connectivity index (χ0) is 15.1. The number of nitrogens with one attached hydrogen (secondary N) is 1. The average Bonchev–Trinajstić information content (AvgIpc) is 2.40. The van der Waals surface area contributed by atoms with Gasteiger partial charge in [0, 0.05) is 7.11 Å². The first-order chi connectivity index (χ1) is 9.49. The minimum atomic E-state index is -0.441. The summed E-state index contributed by atoms with van der Waals surface area (Å²) >= 11 is 0. The second-order valence-electron chi connectivity index (χ2n) is 4.83. The molecule has 0 aliphatic heterocycles. The summed E-state index contributed by atoms with van der Waals surface area (Å²) in [4.78, 5) is 16.0. The summed E-state index contributed by atoms with van der Waals surface area (Å²) in [6.07, 6.45) is 1.46. The van der Waals surface area contributed by atoms with Crippen LogP contribution in [0.1, 0.15) is 31.1 Å². The molecule has 0 aliphatic rings. The molecule has 0 spiro atoms. The second-order valence-corrected chi connectivity index (χ2v) is 4.83. The fraction of sp³-hybridized carbons (Fsp3) is 0.571. The highest BCUT2D eigenvalue weighted by Crippen LogP contribution is 2.18. The Bertz CT molecular complexity index is 449. The molecule has 1 rings (SSSR count). The van der Waals surface area contributed by atoms with Crippen LogP contribution >= 0.6 is 0 Å². The minimum absolute atomic E-state index is 0.103. The molecule has 1 aromatic heterocycles. The number of pyridine rings is 1. The lowest BCUT2D eigenvalue weighted by Crippen LogP contribution is -2.31. The van der Waals surface area contributed by atoms with Crippen molar-refractivity contribution in [1.82, 2.24) is 4.98 Å². The van der Waals surface area contributed by atoms with Gasteiger partial charge in [-0.3, -0.25) is 0 Å². The van der Waals surface area contributed by atoms with Gasteiger partial charge in [-0.1, -0.05) is 13.8 Å². The van der Waals surface area contributed by atoms with E-state index in [0.717, 1.165) is 0 Å². The number of hydrogen-bond acceptors (Lipinski definition) is 6. The van der Waals surface area contributed by atoms with E-state index in [1.807, 2.05) is 0 Å². The Balaban J connectivity index is 2.91. The number of methoxy groups -OCH3 is 1. The van der Waals surface area contributed by atoms with Crippen LogP contribution in [0.2, 0.25) is 0 Å². The number of hydrogen-bond donors (Lipinski definition) is 2. The summed E-state index contributed by atoms with van der Waals surface area (Å²) in [5.74, 6) is 0.502. The Morgan fingerprint density at radius 2 is 2.20 bits per heavy atom. The molecule has 6 nitrogen and oxygen atoms in total. The lowest BCUT2D eigenvalue weighted by molar-refractivity contribution is 0.0527. The molecule has 6 heteroatoms. The molecule has 0 bridgehead atoms. The molecule has 112 valence electrons. The molecular weight excluding hydrogens is 258 g/mol. The zero-order valence-corrected chi connectivity index (χ0v) is 12.5. The minimum Gasteiger partial charge on any atom is -0.462 e. The topological polar surface area (TPSA) is 86.5 Å². The molecule has 0 aliphatic carbocycles. The maximum atomic E-state index is 11.8. The van der Waals surface area contributed by atoms with Crippen molar-refractivity contribution >= 4 is 17.5 Å². The molecule has 20 heavy (non-hydrogen) atoms. The number of nitrogens with zero attached hydrogens (tertiary/aromatic N) is 1. The van der Waals surface area contributed by atoms with Crippen LogP contribution in [-0.4, -0.2) is 37.3 Å². The SMILES string of the molecule is CCOC(=O)c1cc(NC(COC)C(C)C)ncc1N. The fourth-order valence-electron chi connectivity index (χ4n) is 1.70. The molecule has 0 saturated carbocycles. The van der Waals surface area contributed by atoms with Gasteiger partial charge in [0.05, 0.1) is 36.7 Å². The van der Waals surface area contributed by atoms with E-state index in [1.165, 1.54) is 6.20 Å². The highest BCUT2D eigenvalue weighted by Gasteiger charge is 2.16. The Kier molecular flexibility index (Phi) is 6.24. The van der Waals surface area contributed by atoms with Crippen LogP contribution in [0.3, 0.4) is 0 Å². The molecule has 0 aromatic carbocycles. The standard InChI is InChI=1S/C14H23N3O3/c1-5-20-14(18)10-6-13(16-7-11(10)15)17-12(8-19-4)9(2)3/h6-7,9,12H,5,8,15H2,1-4H3,(H,16,17). The van der Waals surface area contributed by atoms with E-state index in [1.54, 1.807) is 20.1 Å². The highest BCUT2D eigenvalue weighted by molar-refractivity contribution is 5.95. The van der Waals surface area contributed by atoms with E-state index < -0.39 is 5.97 Å². The Hall–Kier alpha value is -1.82. The van der Waals surface area contributed by atoms with E-state index >= 15 is 0 Å². The maximum Gasteiger partial charge on any atom is 0.340 e. The molecule has 0 amide bonds. The summed E-state index contributed by atoms with van der Waals surface area (Å²) in [6, 6.07) is 1.71. The van der Waals surface area contributed by atoms with Crippen molar-refractivity contribution in [3.63, 3.8) is 0 Å². The number of carbonyl (C=O) groups is 1. The Morgan fingerprint density at radius 3 is 2.75 bits per heavy atom. The number of nitrogens with two attached hydrogens (primary N) is 1. The summed E-state index contributed by atoms with van der Waals surface area (Å²) in [6.45, 7) is 6.78. The van der Waals surface area contributed by atoms with Gasteiger partial charge in [0.2, 0.25) is 0 Å². The smallest absolute Gasteiger partial charge is 0.340 e. The largest absolute Gasteiger partial charge is 0.462 e. The van der Waals surface area contributed by atoms with E-state index in [-0.39, 0.29) is 6.04 Å². The third-order valence-electron chi connectivity index (χ3n) is 2.91. The van der Waals surface area contributed by atoms with Gasteiger partial charge in [0.25, 0.3) is 0 Å². The predicted molar refractivity (Wildman–Crippen MR) is 78.7 cm³/mol. The highest BCUT2D eigenvalue weighted by atomic mass is 16.5. The molecule has 1 unspecified atom stereocenters. The van der Waals surface area contributed by atoms with Crippen LogP contribution in [0, 0.1) is 5.92 Å². The normalized spacial score (nSPS) is 12.2. The fourth-order valence-corrected chi connectivity index (χ4v) is 1.70. The van der Waals surface area contributed by atoms with Gasteiger partial charge >= 0.3 is 5.97 Å². The van der Waals surface area contributed by atoms with E-state index in [2.05, 4.69) is 24.1 Å². The maximum absolute atomic E-state index is 11.8. The number of anilines is 2.